The number of halogens is 1. The Kier molecular flexibility index (Phi) is 7.13. The van der Waals surface area contributed by atoms with Gasteiger partial charge in [-0.25, -0.2) is 10.2 Å². The molecule has 0 bridgehead atoms. The number of benzene rings is 3. The van der Waals surface area contributed by atoms with Gasteiger partial charge >= 0.3 is 5.97 Å². The molecule has 0 heterocycles. The third-order valence-corrected chi connectivity index (χ3v) is 4.33. The normalized spacial score (nSPS) is 10.5. The van der Waals surface area contributed by atoms with Crippen molar-refractivity contribution in [3.8, 4) is 5.75 Å². The number of hydrogen-bond acceptors (Lipinski definition) is 5. The second kappa shape index (κ2) is 10.2. The lowest BCUT2D eigenvalue weighted by Crippen LogP contribution is -2.25. The van der Waals surface area contributed by atoms with Crippen molar-refractivity contribution in [3.63, 3.8) is 0 Å². The number of ether oxygens (including phenoxy) is 1. The van der Waals surface area contributed by atoms with E-state index in [1.807, 2.05) is 30.3 Å². The lowest BCUT2D eigenvalue weighted by atomic mass is 10.2. The Balaban J connectivity index is 1.46. The minimum atomic E-state index is -0.433. The van der Waals surface area contributed by atoms with Crippen molar-refractivity contribution in [1.29, 1.82) is 0 Å². The second-order valence-corrected chi connectivity index (χ2v) is 6.89. The zero-order valence-electron chi connectivity index (χ0n) is 15.3. The van der Waals surface area contributed by atoms with Gasteiger partial charge in [-0.1, -0.05) is 34.1 Å². The second-order valence-electron chi connectivity index (χ2n) is 5.98. The molecule has 3 aromatic carbocycles. The summed E-state index contributed by atoms with van der Waals surface area (Å²) in [5, 5.41) is 6.92. The summed E-state index contributed by atoms with van der Waals surface area (Å²) >= 11 is 3.32. The molecule has 0 radical (unpaired) electrons. The molecule has 1 amide bonds. The van der Waals surface area contributed by atoms with Crippen molar-refractivity contribution in [1.82, 2.24) is 5.43 Å². The van der Waals surface area contributed by atoms with Gasteiger partial charge in [0.1, 0.15) is 5.75 Å². The predicted octanol–water partition coefficient (Wildman–Crippen LogP) is 4.23. The van der Waals surface area contributed by atoms with Gasteiger partial charge in [0.15, 0.2) is 0 Å². The summed E-state index contributed by atoms with van der Waals surface area (Å²) in [4.78, 5) is 23.9. The summed E-state index contributed by atoms with van der Waals surface area (Å²) in [7, 11) is 0. The molecule has 0 saturated carbocycles. The zero-order valence-corrected chi connectivity index (χ0v) is 16.9. The first-order valence-electron chi connectivity index (χ1n) is 8.79. The molecule has 0 spiro atoms. The summed E-state index contributed by atoms with van der Waals surface area (Å²) < 4.78 is 6.22. The summed E-state index contributed by atoms with van der Waals surface area (Å²) in [6, 6.07) is 23.2. The van der Waals surface area contributed by atoms with Gasteiger partial charge in [-0.05, 0) is 66.2 Å². The maximum Gasteiger partial charge on any atom is 0.343 e. The van der Waals surface area contributed by atoms with E-state index >= 15 is 0 Å². The highest BCUT2D eigenvalue weighted by Crippen LogP contribution is 2.15. The zero-order chi connectivity index (χ0) is 20.5. The molecule has 0 aliphatic rings. The highest BCUT2D eigenvalue weighted by molar-refractivity contribution is 9.10. The number of esters is 1. The van der Waals surface area contributed by atoms with Gasteiger partial charge < -0.3 is 10.1 Å². The Morgan fingerprint density at radius 1 is 0.931 bits per heavy atom. The minimum Gasteiger partial charge on any atom is -0.423 e. The Morgan fingerprint density at radius 3 is 2.31 bits per heavy atom. The van der Waals surface area contributed by atoms with Gasteiger partial charge in [0.05, 0.1) is 18.3 Å². The number of hydrogen-bond donors (Lipinski definition) is 2. The first-order valence-corrected chi connectivity index (χ1v) is 9.58. The van der Waals surface area contributed by atoms with E-state index in [2.05, 4.69) is 31.8 Å². The van der Waals surface area contributed by atoms with Crippen molar-refractivity contribution in [2.45, 2.75) is 0 Å². The van der Waals surface area contributed by atoms with Gasteiger partial charge in [0.25, 0.3) is 5.91 Å². The van der Waals surface area contributed by atoms with Crippen molar-refractivity contribution < 1.29 is 14.3 Å². The fourth-order valence-corrected chi connectivity index (χ4v) is 2.59. The van der Waals surface area contributed by atoms with Gasteiger partial charge in [-0.2, -0.15) is 5.10 Å². The topological polar surface area (TPSA) is 79.8 Å². The number of nitrogens with one attached hydrogen (secondary N) is 2. The Morgan fingerprint density at radius 2 is 1.62 bits per heavy atom. The number of hydrazone groups is 1. The molecule has 6 nitrogen and oxygen atoms in total. The largest absolute Gasteiger partial charge is 0.423 e. The summed E-state index contributed by atoms with van der Waals surface area (Å²) in [6.07, 6.45) is 1.51. The van der Waals surface area contributed by atoms with E-state index in [0.717, 1.165) is 15.7 Å². The SMILES string of the molecule is O=C(CNc1ccccc1)N/N=C\c1ccc(OC(=O)c2ccc(Br)cc2)cc1. The minimum absolute atomic E-state index is 0.117. The van der Waals surface area contributed by atoms with E-state index < -0.39 is 5.97 Å². The molecule has 29 heavy (non-hydrogen) atoms. The first kappa shape index (κ1) is 20.3. The van der Waals surface area contributed by atoms with Gasteiger partial charge in [0.2, 0.25) is 0 Å². The van der Waals surface area contributed by atoms with Crippen LogP contribution < -0.4 is 15.5 Å². The molecule has 2 N–H and O–H groups in total. The lowest BCUT2D eigenvalue weighted by Gasteiger charge is -2.05. The summed E-state index contributed by atoms with van der Waals surface area (Å²) in [5.41, 5.74) is 4.53. The van der Waals surface area contributed by atoms with Gasteiger partial charge in [0, 0.05) is 10.2 Å². The molecule has 0 saturated heterocycles. The summed E-state index contributed by atoms with van der Waals surface area (Å²) in [6.45, 7) is 0.117. The van der Waals surface area contributed by atoms with Crippen LogP contribution in [0.3, 0.4) is 0 Å². The van der Waals surface area contributed by atoms with Crippen molar-refractivity contribution in [2.75, 3.05) is 11.9 Å². The third kappa shape index (κ3) is 6.58. The first-order chi connectivity index (χ1) is 14.1. The van der Waals surface area contributed by atoms with E-state index in [0.29, 0.717) is 11.3 Å². The lowest BCUT2D eigenvalue weighted by molar-refractivity contribution is -0.119. The van der Waals surface area contributed by atoms with Crippen molar-refractivity contribution >= 4 is 39.7 Å². The van der Waals surface area contributed by atoms with Crippen LogP contribution in [0.2, 0.25) is 0 Å². The van der Waals surface area contributed by atoms with Crippen molar-refractivity contribution in [2.24, 2.45) is 5.10 Å². The van der Waals surface area contributed by atoms with E-state index in [1.54, 1.807) is 48.5 Å². The number of rotatable bonds is 7. The molecule has 3 aromatic rings. The standard InChI is InChI=1S/C22H18BrN3O3/c23-18-10-8-17(9-11-18)22(28)29-20-12-6-16(7-13-20)14-25-26-21(27)15-24-19-4-2-1-3-5-19/h1-14,24H,15H2,(H,26,27)/b25-14-. The van der Waals surface area contributed by atoms with E-state index in [4.69, 9.17) is 4.74 Å². The molecule has 0 aliphatic heterocycles. The maximum absolute atomic E-state index is 12.1. The van der Waals surface area contributed by atoms with Crippen LogP contribution in [0.4, 0.5) is 5.69 Å². The number of amides is 1. The smallest absolute Gasteiger partial charge is 0.343 e. The monoisotopic (exact) mass is 451 g/mol. The van der Waals surface area contributed by atoms with Gasteiger partial charge in [-0.15, -0.1) is 0 Å². The molecule has 0 fully saturated rings. The fourth-order valence-electron chi connectivity index (χ4n) is 2.33. The van der Waals surface area contributed by atoms with Crippen LogP contribution in [-0.2, 0) is 4.79 Å². The number of anilines is 1. The molecule has 7 heteroatoms. The number of carbonyl (C=O) groups is 2. The molecule has 146 valence electrons. The number of nitrogens with zero attached hydrogens (tertiary/aromatic N) is 1. The highest BCUT2D eigenvalue weighted by Gasteiger charge is 2.08. The Labute approximate surface area is 176 Å². The van der Waals surface area contributed by atoms with Gasteiger partial charge in [-0.3, -0.25) is 4.79 Å². The third-order valence-electron chi connectivity index (χ3n) is 3.80. The molecule has 0 aromatic heterocycles. The van der Waals surface area contributed by atoms with Crippen LogP contribution in [0.1, 0.15) is 15.9 Å². The van der Waals surface area contributed by atoms with Crippen LogP contribution in [0.25, 0.3) is 0 Å². The molecular formula is C22H18BrN3O3. The molecule has 0 atom stereocenters. The quantitative estimate of drug-likeness (QED) is 0.243. The Hall–Kier alpha value is -3.45. The van der Waals surface area contributed by atoms with Crippen molar-refractivity contribution in [3.05, 3.63) is 94.5 Å². The number of carbonyl (C=O) groups excluding carboxylic acids is 2. The highest BCUT2D eigenvalue weighted by atomic mass is 79.9. The van der Waals surface area contributed by atoms with E-state index in [1.165, 1.54) is 6.21 Å². The summed E-state index contributed by atoms with van der Waals surface area (Å²) in [5.74, 6) is -0.270. The average Bonchev–Trinajstić information content (AvgIpc) is 2.75. The number of para-hydroxylation sites is 1. The molecule has 0 aliphatic carbocycles. The molecule has 0 unspecified atom stereocenters. The average molecular weight is 452 g/mol. The predicted molar refractivity (Wildman–Crippen MR) is 116 cm³/mol. The van der Waals surface area contributed by atoms with Crippen LogP contribution in [0.15, 0.2) is 88.4 Å². The van der Waals surface area contributed by atoms with Crippen LogP contribution in [-0.4, -0.2) is 24.6 Å². The Bertz CT molecular complexity index is 988. The maximum atomic E-state index is 12.1. The van der Waals surface area contributed by atoms with E-state index in [-0.39, 0.29) is 12.5 Å². The van der Waals surface area contributed by atoms with E-state index in [9.17, 15) is 9.59 Å². The fraction of sp³-hybridized carbons (Fsp3) is 0.0455. The van der Waals surface area contributed by atoms with Crippen LogP contribution >= 0.6 is 15.9 Å². The van der Waals surface area contributed by atoms with Crippen LogP contribution in [0, 0.1) is 0 Å². The molecular weight excluding hydrogens is 434 g/mol. The van der Waals surface area contributed by atoms with Crippen LogP contribution in [0.5, 0.6) is 5.75 Å². The molecule has 3 rings (SSSR count).